The summed E-state index contributed by atoms with van der Waals surface area (Å²) >= 11 is 5.94. The average Bonchev–Trinajstić information content (AvgIpc) is 3.07. The molecule has 2 bridgehead atoms. The fourth-order valence-corrected chi connectivity index (χ4v) is 3.71. The number of carbonyl (C=O) groups is 2. The Morgan fingerprint density at radius 1 is 1.10 bits per heavy atom. The third-order valence-electron chi connectivity index (χ3n) is 4.49. The Balaban J connectivity index is 1.56. The molecule has 2 aliphatic carbocycles. The lowest BCUT2D eigenvalue weighted by atomic mass is 9.88. The summed E-state index contributed by atoms with van der Waals surface area (Å²) < 4.78 is 0. The fraction of sp³-hybridized carbons (Fsp3) is 0.467. The quantitative estimate of drug-likeness (QED) is 0.823. The maximum atomic E-state index is 12.1. The lowest BCUT2D eigenvalue weighted by Gasteiger charge is -2.20. The van der Waals surface area contributed by atoms with Gasteiger partial charge in [-0.1, -0.05) is 30.2 Å². The largest absolute Gasteiger partial charge is 0.273 e. The summed E-state index contributed by atoms with van der Waals surface area (Å²) in [7, 11) is 0. The van der Waals surface area contributed by atoms with Gasteiger partial charge < -0.3 is 0 Å². The molecule has 0 heterocycles. The topological polar surface area (TPSA) is 58.2 Å². The minimum absolute atomic E-state index is 0.0558. The van der Waals surface area contributed by atoms with Crippen molar-refractivity contribution in [1.29, 1.82) is 0 Å². The highest BCUT2D eigenvalue weighted by Gasteiger charge is 2.43. The van der Waals surface area contributed by atoms with Crippen LogP contribution in [-0.2, 0) is 4.79 Å². The Morgan fingerprint density at radius 2 is 1.90 bits per heavy atom. The number of rotatable bonds is 2. The molecule has 3 atom stereocenters. The summed E-state index contributed by atoms with van der Waals surface area (Å²) in [4.78, 5) is 24.0. The molecule has 0 aliphatic heterocycles. The van der Waals surface area contributed by atoms with Gasteiger partial charge in [-0.25, -0.2) is 0 Å². The van der Waals surface area contributed by atoms with Crippen molar-refractivity contribution in [3.8, 4) is 0 Å². The molecule has 0 spiro atoms. The summed E-state index contributed by atoms with van der Waals surface area (Å²) in [5, 5.41) is 0.374. The second kappa shape index (κ2) is 5.44. The first-order chi connectivity index (χ1) is 9.65. The molecule has 2 amide bonds. The third kappa shape index (κ3) is 2.52. The summed E-state index contributed by atoms with van der Waals surface area (Å²) in [6, 6.07) is 6.76. The molecule has 3 rings (SSSR count). The van der Waals surface area contributed by atoms with Gasteiger partial charge in [-0.15, -0.1) is 0 Å². The molecular formula is C15H17ClN2O2. The number of halogens is 1. The van der Waals surface area contributed by atoms with Crippen molar-refractivity contribution in [1.82, 2.24) is 10.9 Å². The maximum absolute atomic E-state index is 12.1. The van der Waals surface area contributed by atoms with Crippen LogP contribution in [-0.4, -0.2) is 11.8 Å². The number of hydrogen-bond acceptors (Lipinski definition) is 2. The number of carbonyl (C=O) groups excluding carboxylic acids is 2. The van der Waals surface area contributed by atoms with Crippen molar-refractivity contribution in [3.63, 3.8) is 0 Å². The molecule has 1 aromatic carbocycles. The van der Waals surface area contributed by atoms with E-state index in [4.69, 9.17) is 11.6 Å². The standard InChI is InChI=1S/C15H17ClN2O2/c16-13-4-2-1-3-11(13)14(19)17-18-15(20)12-8-9-5-6-10(12)7-9/h1-4,9-10,12H,5-8H2,(H,17,19)(H,18,20). The third-order valence-corrected chi connectivity index (χ3v) is 4.82. The molecule has 0 radical (unpaired) electrons. The van der Waals surface area contributed by atoms with E-state index >= 15 is 0 Å². The van der Waals surface area contributed by atoms with Gasteiger partial charge in [0, 0.05) is 5.92 Å². The Kier molecular flexibility index (Phi) is 3.66. The zero-order chi connectivity index (χ0) is 14.1. The number of fused-ring (bicyclic) bond motifs is 2. The molecule has 3 unspecified atom stereocenters. The van der Waals surface area contributed by atoms with Gasteiger partial charge in [-0.3, -0.25) is 20.4 Å². The number of nitrogens with one attached hydrogen (secondary N) is 2. The van der Waals surface area contributed by atoms with E-state index in [0.717, 1.165) is 19.3 Å². The molecule has 106 valence electrons. The first-order valence-corrected chi connectivity index (χ1v) is 7.37. The van der Waals surface area contributed by atoms with Gasteiger partial charge in [0.15, 0.2) is 0 Å². The highest BCUT2D eigenvalue weighted by atomic mass is 35.5. The zero-order valence-corrected chi connectivity index (χ0v) is 11.8. The molecule has 1 aromatic rings. The van der Waals surface area contributed by atoms with E-state index in [0.29, 0.717) is 22.4 Å². The lowest BCUT2D eigenvalue weighted by molar-refractivity contribution is -0.127. The minimum Gasteiger partial charge on any atom is -0.273 e. The van der Waals surface area contributed by atoms with Crippen molar-refractivity contribution in [2.75, 3.05) is 0 Å². The predicted molar refractivity (Wildman–Crippen MR) is 76.0 cm³/mol. The molecule has 5 heteroatoms. The van der Waals surface area contributed by atoms with E-state index in [1.807, 2.05) is 0 Å². The van der Waals surface area contributed by atoms with Crippen LogP contribution in [0.15, 0.2) is 24.3 Å². The Bertz CT molecular complexity index is 546. The normalized spacial score (nSPS) is 27.4. The Morgan fingerprint density at radius 3 is 2.55 bits per heavy atom. The molecular weight excluding hydrogens is 276 g/mol. The van der Waals surface area contributed by atoms with E-state index in [1.165, 1.54) is 6.42 Å². The van der Waals surface area contributed by atoms with Crippen LogP contribution in [0.2, 0.25) is 5.02 Å². The molecule has 0 aromatic heterocycles. The SMILES string of the molecule is O=C(NNC(=O)C1CC2CCC1C2)c1ccccc1Cl. The molecule has 2 aliphatic rings. The van der Waals surface area contributed by atoms with Gasteiger partial charge in [0.1, 0.15) is 0 Å². The van der Waals surface area contributed by atoms with Crippen molar-refractivity contribution < 1.29 is 9.59 Å². The second-order valence-corrected chi connectivity index (χ2v) is 6.11. The molecule has 2 N–H and O–H groups in total. The van der Waals surface area contributed by atoms with Crippen LogP contribution in [0.3, 0.4) is 0 Å². The summed E-state index contributed by atoms with van der Waals surface area (Å²) in [5.41, 5.74) is 5.35. The van der Waals surface area contributed by atoms with Crippen molar-refractivity contribution in [2.24, 2.45) is 17.8 Å². The number of hydrogen-bond donors (Lipinski definition) is 2. The highest BCUT2D eigenvalue weighted by molar-refractivity contribution is 6.33. The highest BCUT2D eigenvalue weighted by Crippen LogP contribution is 2.48. The lowest BCUT2D eigenvalue weighted by Crippen LogP contribution is -2.45. The zero-order valence-electron chi connectivity index (χ0n) is 11.1. The first-order valence-electron chi connectivity index (χ1n) is 7.00. The van der Waals surface area contributed by atoms with Crippen LogP contribution in [0.5, 0.6) is 0 Å². The fourth-order valence-electron chi connectivity index (χ4n) is 3.49. The predicted octanol–water partition coefficient (Wildman–Crippen LogP) is 2.54. The molecule has 4 nitrogen and oxygen atoms in total. The number of benzene rings is 1. The smallest absolute Gasteiger partial charge is 0.271 e. The van der Waals surface area contributed by atoms with E-state index in [2.05, 4.69) is 10.9 Å². The summed E-state index contributed by atoms with van der Waals surface area (Å²) in [5.74, 6) is 0.803. The van der Waals surface area contributed by atoms with Crippen LogP contribution < -0.4 is 10.9 Å². The number of amides is 2. The first kappa shape index (κ1) is 13.4. The van der Waals surface area contributed by atoms with Crippen molar-refractivity contribution in [3.05, 3.63) is 34.9 Å². The van der Waals surface area contributed by atoms with Crippen LogP contribution in [0, 0.1) is 17.8 Å². The van der Waals surface area contributed by atoms with Crippen LogP contribution in [0.25, 0.3) is 0 Å². The van der Waals surface area contributed by atoms with Gasteiger partial charge >= 0.3 is 0 Å². The minimum atomic E-state index is -0.382. The number of hydrazine groups is 1. The van der Waals surface area contributed by atoms with Gasteiger partial charge in [0.05, 0.1) is 10.6 Å². The van der Waals surface area contributed by atoms with E-state index in [-0.39, 0.29) is 17.7 Å². The van der Waals surface area contributed by atoms with Crippen molar-refractivity contribution >= 4 is 23.4 Å². The van der Waals surface area contributed by atoms with Gasteiger partial charge in [-0.05, 0) is 43.2 Å². The van der Waals surface area contributed by atoms with Crippen LogP contribution in [0.1, 0.15) is 36.0 Å². The van der Waals surface area contributed by atoms with E-state index in [9.17, 15) is 9.59 Å². The van der Waals surface area contributed by atoms with Gasteiger partial charge in [0.25, 0.3) is 5.91 Å². The van der Waals surface area contributed by atoms with Gasteiger partial charge in [-0.2, -0.15) is 0 Å². The van der Waals surface area contributed by atoms with Crippen molar-refractivity contribution in [2.45, 2.75) is 25.7 Å². The summed E-state index contributed by atoms with van der Waals surface area (Å²) in [6.45, 7) is 0. The molecule has 2 fully saturated rings. The second-order valence-electron chi connectivity index (χ2n) is 5.70. The Hall–Kier alpha value is -1.55. The van der Waals surface area contributed by atoms with E-state index in [1.54, 1.807) is 24.3 Å². The molecule has 2 saturated carbocycles. The summed E-state index contributed by atoms with van der Waals surface area (Å²) in [6.07, 6.45) is 4.51. The van der Waals surface area contributed by atoms with Crippen LogP contribution >= 0.6 is 11.6 Å². The molecule has 20 heavy (non-hydrogen) atoms. The van der Waals surface area contributed by atoms with Gasteiger partial charge in [0.2, 0.25) is 5.91 Å². The van der Waals surface area contributed by atoms with Crippen LogP contribution in [0.4, 0.5) is 0 Å². The maximum Gasteiger partial charge on any atom is 0.271 e. The average molecular weight is 293 g/mol. The van der Waals surface area contributed by atoms with E-state index < -0.39 is 0 Å². The monoisotopic (exact) mass is 292 g/mol. The molecule has 0 saturated heterocycles. The Labute approximate surface area is 122 Å².